The SMILES string of the molecule is OCC(NCc1cnn(-c2ccccc2)c1)c1ccccc1. The van der Waals surface area contributed by atoms with E-state index in [1.54, 1.807) is 0 Å². The van der Waals surface area contributed by atoms with Gasteiger partial charge < -0.3 is 10.4 Å². The molecule has 0 fully saturated rings. The topological polar surface area (TPSA) is 50.1 Å². The quantitative estimate of drug-likeness (QED) is 0.734. The van der Waals surface area contributed by atoms with Gasteiger partial charge in [0.1, 0.15) is 0 Å². The van der Waals surface area contributed by atoms with Crippen molar-refractivity contribution in [2.45, 2.75) is 12.6 Å². The molecule has 0 aliphatic rings. The summed E-state index contributed by atoms with van der Waals surface area (Å²) in [5.41, 5.74) is 3.20. The molecule has 1 unspecified atom stereocenters. The van der Waals surface area contributed by atoms with Crippen molar-refractivity contribution in [1.29, 1.82) is 0 Å². The van der Waals surface area contributed by atoms with Gasteiger partial charge in [0.15, 0.2) is 0 Å². The van der Waals surface area contributed by atoms with E-state index in [0.717, 1.165) is 16.8 Å². The molecule has 1 aromatic heterocycles. The molecule has 4 heteroatoms. The molecule has 0 saturated heterocycles. The number of rotatable bonds is 6. The van der Waals surface area contributed by atoms with Crippen molar-refractivity contribution in [3.8, 4) is 5.69 Å². The molecule has 2 aromatic carbocycles. The highest BCUT2D eigenvalue weighted by Gasteiger charge is 2.09. The van der Waals surface area contributed by atoms with Gasteiger partial charge in [0, 0.05) is 18.3 Å². The van der Waals surface area contributed by atoms with Crippen LogP contribution in [0.2, 0.25) is 0 Å². The second-order valence-corrected chi connectivity index (χ2v) is 5.16. The second kappa shape index (κ2) is 7.02. The molecule has 0 aliphatic carbocycles. The molecular weight excluding hydrogens is 274 g/mol. The lowest BCUT2D eigenvalue weighted by molar-refractivity contribution is 0.243. The molecule has 0 radical (unpaired) electrons. The summed E-state index contributed by atoms with van der Waals surface area (Å²) in [4.78, 5) is 0. The predicted octanol–water partition coefficient (Wildman–Crippen LogP) is 2.70. The maximum Gasteiger partial charge on any atom is 0.0645 e. The minimum Gasteiger partial charge on any atom is -0.394 e. The predicted molar refractivity (Wildman–Crippen MR) is 86.7 cm³/mol. The number of aromatic nitrogens is 2. The Morgan fingerprint density at radius 2 is 1.68 bits per heavy atom. The fourth-order valence-electron chi connectivity index (χ4n) is 2.39. The number of benzene rings is 2. The van der Waals surface area contributed by atoms with Crippen LogP contribution in [0.5, 0.6) is 0 Å². The Kier molecular flexibility index (Phi) is 4.63. The smallest absolute Gasteiger partial charge is 0.0645 e. The minimum atomic E-state index is -0.0683. The largest absolute Gasteiger partial charge is 0.394 e. The molecule has 3 rings (SSSR count). The number of hydrogen-bond acceptors (Lipinski definition) is 3. The maximum atomic E-state index is 9.56. The van der Waals surface area contributed by atoms with Crippen LogP contribution in [0, 0.1) is 0 Å². The molecule has 4 nitrogen and oxygen atoms in total. The Bertz CT molecular complexity index is 695. The molecular formula is C18H19N3O. The van der Waals surface area contributed by atoms with Gasteiger partial charge in [0.05, 0.1) is 24.5 Å². The highest BCUT2D eigenvalue weighted by molar-refractivity contribution is 5.31. The average Bonchev–Trinajstić information content (AvgIpc) is 3.06. The third-order valence-corrected chi connectivity index (χ3v) is 3.59. The van der Waals surface area contributed by atoms with Crippen molar-refractivity contribution in [3.63, 3.8) is 0 Å². The van der Waals surface area contributed by atoms with Crippen LogP contribution < -0.4 is 5.32 Å². The third-order valence-electron chi connectivity index (χ3n) is 3.59. The van der Waals surface area contributed by atoms with Crippen LogP contribution >= 0.6 is 0 Å². The Balaban J connectivity index is 1.65. The van der Waals surface area contributed by atoms with Crippen molar-refractivity contribution in [1.82, 2.24) is 15.1 Å². The van der Waals surface area contributed by atoms with E-state index in [1.807, 2.05) is 77.7 Å². The van der Waals surface area contributed by atoms with Gasteiger partial charge in [0.25, 0.3) is 0 Å². The number of aliphatic hydroxyl groups is 1. The number of aliphatic hydroxyl groups excluding tert-OH is 1. The highest BCUT2D eigenvalue weighted by Crippen LogP contribution is 2.13. The van der Waals surface area contributed by atoms with E-state index in [-0.39, 0.29) is 12.6 Å². The molecule has 1 atom stereocenters. The van der Waals surface area contributed by atoms with Crippen LogP contribution in [-0.4, -0.2) is 21.5 Å². The van der Waals surface area contributed by atoms with E-state index >= 15 is 0 Å². The van der Waals surface area contributed by atoms with Gasteiger partial charge in [-0.15, -0.1) is 0 Å². The summed E-state index contributed by atoms with van der Waals surface area (Å²) < 4.78 is 1.85. The molecule has 0 saturated carbocycles. The van der Waals surface area contributed by atoms with E-state index in [9.17, 15) is 5.11 Å². The number of nitrogens with zero attached hydrogens (tertiary/aromatic N) is 2. The number of para-hydroxylation sites is 1. The lowest BCUT2D eigenvalue weighted by Gasteiger charge is -2.16. The van der Waals surface area contributed by atoms with Gasteiger partial charge in [-0.3, -0.25) is 0 Å². The molecule has 3 aromatic rings. The molecule has 0 aliphatic heterocycles. The summed E-state index contributed by atoms with van der Waals surface area (Å²) in [7, 11) is 0. The van der Waals surface area contributed by atoms with Crippen LogP contribution in [0.3, 0.4) is 0 Å². The van der Waals surface area contributed by atoms with Gasteiger partial charge in [-0.2, -0.15) is 5.10 Å². The van der Waals surface area contributed by atoms with Crippen molar-refractivity contribution < 1.29 is 5.11 Å². The first kappa shape index (κ1) is 14.5. The summed E-state index contributed by atoms with van der Waals surface area (Å²) in [6.45, 7) is 0.726. The Morgan fingerprint density at radius 1 is 1.00 bits per heavy atom. The van der Waals surface area contributed by atoms with Gasteiger partial charge in [0.2, 0.25) is 0 Å². The van der Waals surface area contributed by atoms with Crippen molar-refractivity contribution in [3.05, 3.63) is 84.2 Å². The molecule has 0 bridgehead atoms. The zero-order valence-electron chi connectivity index (χ0n) is 12.3. The summed E-state index contributed by atoms with van der Waals surface area (Å²) >= 11 is 0. The first-order valence-electron chi connectivity index (χ1n) is 7.35. The third kappa shape index (κ3) is 3.42. The van der Waals surface area contributed by atoms with Crippen LogP contribution in [0.1, 0.15) is 17.2 Å². The normalized spacial score (nSPS) is 12.2. The summed E-state index contributed by atoms with van der Waals surface area (Å²) in [6.07, 6.45) is 3.85. The molecule has 22 heavy (non-hydrogen) atoms. The van der Waals surface area contributed by atoms with Crippen LogP contribution in [0.25, 0.3) is 5.69 Å². The van der Waals surface area contributed by atoms with E-state index in [0.29, 0.717) is 6.54 Å². The highest BCUT2D eigenvalue weighted by atomic mass is 16.3. The minimum absolute atomic E-state index is 0.0663. The van der Waals surface area contributed by atoms with Crippen LogP contribution in [-0.2, 0) is 6.54 Å². The first-order chi connectivity index (χ1) is 10.9. The van der Waals surface area contributed by atoms with Crippen LogP contribution in [0.15, 0.2) is 73.1 Å². The fraction of sp³-hybridized carbons (Fsp3) is 0.167. The lowest BCUT2D eigenvalue weighted by atomic mass is 10.1. The van der Waals surface area contributed by atoms with Gasteiger partial charge >= 0.3 is 0 Å². The van der Waals surface area contributed by atoms with E-state index in [1.165, 1.54) is 0 Å². The van der Waals surface area contributed by atoms with Crippen molar-refractivity contribution >= 4 is 0 Å². The Hall–Kier alpha value is -2.43. The Labute approximate surface area is 130 Å². The van der Waals surface area contributed by atoms with E-state index in [2.05, 4.69) is 10.4 Å². The average molecular weight is 293 g/mol. The zero-order valence-corrected chi connectivity index (χ0v) is 12.3. The van der Waals surface area contributed by atoms with Gasteiger partial charge in [-0.25, -0.2) is 4.68 Å². The van der Waals surface area contributed by atoms with Crippen molar-refractivity contribution in [2.24, 2.45) is 0 Å². The summed E-state index contributed by atoms with van der Waals surface area (Å²) in [5.74, 6) is 0. The fourth-order valence-corrected chi connectivity index (χ4v) is 2.39. The van der Waals surface area contributed by atoms with Gasteiger partial charge in [-0.05, 0) is 17.7 Å². The molecule has 0 spiro atoms. The number of nitrogens with one attached hydrogen (secondary N) is 1. The van der Waals surface area contributed by atoms with Crippen molar-refractivity contribution in [2.75, 3.05) is 6.61 Å². The van der Waals surface area contributed by atoms with Gasteiger partial charge in [-0.1, -0.05) is 48.5 Å². The standard InChI is InChI=1S/C18H19N3O/c22-14-18(16-7-3-1-4-8-16)19-11-15-12-20-21(13-15)17-9-5-2-6-10-17/h1-10,12-13,18-19,22H,11,14H2. The lowest BCUT2D eigenvalue weighted by Crippen LogP contribution is -2.23. The number of hydrogen-bond donors (Lipinski definition) is 2. The molecule has 0 amide bonds. The molecule has 2 N–H and O–H groups in total. The molecule has 112 valence electrons. The molecule has 1 heterocycles. The first-order valence-corrected chi connectivity index (χ1v) is 7.35. The summed E-state index contributed by atoms with van der Waals surface area (Å²) in [6, 6.07) is 19.9. The Morgan fingerprint density at radius 3 is 2.36 bits per heavy atom. The van der Waals surface area contributed by atoms with E-state index in [4.69, 9.17) is 0 Å². The monoisotopic (exact) mass is 293 g/mol. The van der Waals surface area contributed by atoms with E-state index < -0.39 is 0 Å². The zero-order chi connectivity index (χ0) is 15.2. The van der Waals surface area contributed by atoms with Crippen LogP contribution in [0.4, 0.5) is 0 Å². The summed E-state index contributed by atoms with van der Waals surface area (Å²) in [5, 5.41) is 17.3. The maximum absolute atomic E-state index is 9.56. The second-order valence-electron chi connectivity index (χ2n) is 5.16.